The van der Waals surface area contributed by atoms with Crippen molar-refractivity contribution in [1.82, 2.24) is 4.90 Å². The number of likely N-dealkylation sites (tertiary alicyclic amines) is 1. The number of ether oxygens (including phenoxy) is 5. The molecule has 3 atom stereocenters. The first-order valence-corrected chi connectivity index (χ1v) is 11.4. The van der Waals surface area contributed by atoms with Crippen molar-refractivity contribution < 1.29 is 33.6 Å². The summed E-state index contributed by atoms with van der Waals surface area (Å²) in [4.78, 5) is 15.8. The molecule has 176 valence electrons. The fourth-order valence-electron chi connectivity index (χ4n) is 5.36. The second-order valence-electron chi connectivity index (χ2n) is 8.70. The maximum Gasteiger partial charge on any atom is 0.315 e. The van der Waals surface area contributed by atoms with E-state index in [0.717, 1.165) is 31.5 Å². The van der Waals surface area contributed by atoms with Crippen molar-refractivity contribution in [2.24, 2.45) is 5.92 Å². The van der Waals surface area contributed by atoms with Gasteiger partial charge in [0.05, 0.1) is 13.7 Å². The number of fused-ring (bicyclic) bond motifs is 2. The van der Waals surface area contributed by atoms with Crippen LogP contribution in [0, 0.1) is 5.92 Å². The molecule has 0 amide bonds. The highest BCUT2D eigenvalue weighted by Gasteiger charge is 2.56. The van der Waals surface area contributed by atoms with Crippen LogP contribution in [0.25, 0.3) is 0 Å². The molecule has 0 aliphatic carbocycles. The van der Waals surface area contributed by atoms with Crippen molar-refractivity contribution in [2.75, 3.05) is 33.6 Å². The molecule has 0 radical (unpaired) electrons. The van der Waals surface area contributed by atoms with Gasteiger partial charge in [0.1, 0.15) is 11.7 Å². The molecular weight excluding hydrogens is 426 g/mol. The Morgan fingerprint density at radius 3 is 2.58 bits per heavy atom. The Bertz CT molecular complexity index is 1060. The minimum atomic E-state index is -0.983. The molecule has 1 N–H and O–H groups in total. The number of rotatable bonds is 5. The normalized spacial score (nSPS) is 25.9. The molecular formula is C25H29NO7. The molecule has 0 unspecified atom stereocenters. The number of carbonyl (C=O) groups is 1. The van der Waals surface area contributed by atoms with Gasteiger partial charge in [-0.25, -0.2) is 0 Å². The number of carbonyl (C=O) groups excluding carboxylic acids is 1. The minimum absolute atomic E-state index is 0.00594. The zero-order valence-corrected chi connectivity index (χ0v) is 19.1. The maximum absolute atomic E-state index is 13.6. The van der Waals surface area contributed by atoms with Crippen LogP contribution in [0.5, 0.6) is 28.7 Å². The number of aromatic hydroxyl groups is 1. The molecule has 5 rings (SSSR count). The first kappa shape index (κ1) is 21.7. The largest absolute Gasteiger partial charge is 0.504 e. The molecule has 0 aromatic heterocycles. The standard InChI is InChI=1S/C25H29NO7/c1-4-30-24(28)22-21(15-8-7-9-17(29-3)23(15)27)16-12-19-20(32-14-31-19)13-18(16)33-25(22,2)26-10-5-6-11-26/h7-9,12-13,21-22,27H,4-6,10-11,14H2,1-3H3/t21-,22-,25-/m1/s1. The molecule has 0 bridgehead atoms. The van der Waals surface area contributed by atoms with E-state index in [-0.39, 0.29) is 25.1 Å². The molecule has 0 saturated carbocycles. The van der Waals surface area contributed by atoms with Crippen molar-refractivity contribution in [3.05, 3.63) is 41.5 Å². The SMILES string of the molecule is CCOC(=O)[C@H]1[C@H](c2cccc(OC)c2O)c2cc3c(cc2O[C@@]1(C)N1CCCC1)OCO3. The second kappa shape index (κ2) is 8.33. The molecule has 2 aromatic rings. The topological polar surface area (TPSA) is 86.7 Å². The van der Waals surface area contributed by atoms with Gasteiger partial charge in [-0.15, -0.1) is 0 Å². The highest BCUT2D eigenvalue weighted by Crippen LogP contribution is 2.55. The monoisotopic (exact) mass is 455 g/mol. The average Bonchev–Trinajstić information content (AvgIpc) is 3.49. The number of esters is 1. The zero-order chi connectivity index (χ0) is 23.2. The maximum atomic E-state index is 13.6. The van der Waals surface area contributed by atoms with Crippen LogP contribution in [-0.2, 0) is 9.53 Å². The average molecular weight is 456 g/mol. The van der Waals surface area contributed by atoms with Crippen LogP contribution in [-0.4, -0.2) is 55.3 Å². The third kappa shape index (κ3) is 3.44. The predicted molar refractivity (Wildman–Crippen MR) is 119 cm³/mol. The molecule has 8 nitrogen and oxygen atoms in total. The van der Waals surface area contributed by atoms with Crippen molar-refractivity contribution >= 4 is 5.97 Å². The molecule has 3 aliphatic heterocycles. The Kier molecular flexibility index (Phi) is 5.48. The Morgan fingerprint density at radius 1 is 1.15 bits per heavy atom. The number of nitrogens with zero attached hydrogens (tertiary/aromatic N) is 1. The van der Waals surface area contributed by atoms with E-state index >= 15 is 0 Å². The van der Waals surface area contributed by atoms with Gasteiger partial charge in [0.15, 0.2) is 28.7 Å². The van der Waals surface area contributed by atoms with E-state index in [4.69, 9.17) is 23.7 Å². The number of hydrogen-bond donors (Lipinski definition) is 1. The van der Waals surface area contributed by atoms with Crippen molar-refractivity contribution in [2.45, 2.75) is 38.3 Å². The van der Waals surface area contributed by atoms with Gasteiger partial charge in [-0.2, -0.15) is 0 Å². The van der Waals surface area contributed by atoms with E-state index in [9.17, 15) is 9.90 Å². The number of benzene rings is 2. The lowest BCUT2D eigenvalue weighted by Gasteiger charge is -2.49. The summed E-state index contributed by atoms with van der Waals surface area (Å²) in [7, 11) is 1.51. The Labute approximate surface area is 192 Å². The quantitative estimate of drug-likeness (QED) is 0.684. The van der Waals surface area contributed by atoms with E-state index in [0.29, 0.717) is 28.6 Å². The molecule has 1 fully saturated rings. The van der Waals surface area contributed by atoms with E-state index in [1.165, 1.54) is 7.11 Å². The van der Waals surface area contributed by atoms with Gasteiger partial charge in [0.2, 0.25) is 6.79 Å². The molecule has 3 heterocycles. The summed E-state index contributed by atoms with van der Waals surface area (Å²) in [6, 6.07) is 8.98. The molecule has 33 heavy (non-hydrogen) atoms. The summed E-state index contributed by atoms with van der Waals surface area (Å²) < 4.78 is 28.8. The number of phenolic OH excluding ortho intramolecular Hbond substituents is 1. The van der Waals surface area contributed by atoms with Crippen LogP contribution in [0.1, 0.15) is 43.7 Å². The van der Waals surface area contributed by atoms with Crippen LogP contribution in [0.3, 0.4) is 0 Å². The number of hydrogen-bond acceptors (Lipinski definition) is 8. The summed E-state index contributed by atoms with van der Waals surface area (Å²) in [6.07, 6.45) is 2.05. The van der Waals surface area contributed by atoms with Crippen LogP contribution in [0.15, 0.2) is 30.3 Å². The smallest absolute Gasteiger partial charge is 0.315 e. The fraction of sp³-hybridized carbons (Fsp3) is 0.480. The van der Waals surface area contributed by atoms with E-state index < -0.39 is 17.6 Å². The van der Waals surface area contributed by atoms with Crippen molar-refractivity contribution in [3.63, 3.8) is 0 Å². The highest BCUT2D eigenvalue weighted by atomic mass is 16.7. The van der Waals surface area contributed by atoms with E-state index in [1.54, 1.807) is 13.0 Å². The molecule has 2 aromatic carbocycles. The summed E-state index contributed by atoms with van der Waals surface area (Å²) in [6.45, 7) is 5.72. The highest BCUT2D eigenvalue weighted by molar-refractivity contribution is 5.78. The second-order valence-corrected chi connectivity index (χ2v) is 8.70. The van der Waals surface area contributed by atoms with Crippen LogP contribution >= 0.6 is 0 Å². The summed E-state index contributed by atoms with van der Waals surface area (Å²) in [5.74, 6) is 0.450. The van der Waals surface area contributed by atoms with Crippen molar-refractivity contribution in [3.8, 4) is 28.7 Å². The first-order valence-electron chi connectivity index (χ1n) is 11.4. The lowest BCUT2D eigenvalue weighted by atomic mass is 9.72. The van der Waals surface area contributed by atoms with Crippen molar-refractivity contribution in [1.29, 1.82) is 0 Å². The van der Waals surface area contributed by atoms with Crippen LogP contribution < -0.4 is 18.9 Å². The lowest BCUT2D eigenvalue weighted by molar-refractivity contribution is -0.174. The molecule has 0 spiro atoms. The Balaban J connectivity index is 1.76. The third-order valence-electron chi connectivity index (χ3n) is 6.93. The summed E-state index contributed by atoms with van der Waals surface area (Å²) in [5, 5.41) is 11.1. The van der Waals surface area contributed by atoms with Crippen LogP contribution in [0.4, 0.5) is 0 Å². The van der Waals surface area contributed by atoms with E-state index in [1.807, 2.05) is 31.2 Å². The summed E-state index contributed by atoms with van der Waals surface area (Å²) in [5.41, 5.74) is 0.322. The van der Waals surface area contributed by atoms with E-state index in [2.05, 4.69) is 4.90 Å². The number of para-hydroxylation sites is 1. The van der Waals surface area contributed by atoms with Crippen LogP contribution in [0.2, 0.25) is 0 Å². The zero-order valence-electron chi connectivity index (χ0n) is 19.1. The van der Waals surface area contributed by atoms with Gasteiger partial charge in [-0.05, 0) is 38.8 Å². The first-order chi connectivity index (χ1) is 16.0. The lowest BCUT2D eigenvalue weighted by Crippen LogP contribution is -2.61. The van der Waals surface area contributed by atoms with Gasteiger partial charge in [0, 0.05) is 36.2 Å². The number of phenols is 1. The molecule has 3 aliphatic rings. The van der Waals surface area contributed by atoms with Gasteiger partial charge in [-0.3, -0.25) is 9.69 Å². The van der Waals surface area contributed by atoms with Gasteiger partial charge in [0.25, 0.3) is 0 Å². The van der Waals surface area contributed by atoms with Gasteiger partial charge < -0.3 is 28.8 Å². The third-order valence-corrected chi connectivity index (χ3v) is 6.93. The predicted octanol–water partition coefficient (Wildman–Crippen LogP) is 3.65. The Morgan fingerprint density at radius 2 is 1.88 bits per heavy atom. The summed E-state index contributed by atoms with van der Waals surface area (Å²) >= 11 is 0. The number of methoxy groups -OCH3 is 1. The molecule has 8 heteroatoms. The molecule has 1 saturated heterocycles. The van der Waals surface area contributed by atoms with Gasteiger partial charge >= 0.3 is 5.97 Å². The minimum Gasteiger partial charge on any atom is -0.504 e. The Hall–Kier alpha value is -3.13. The van der Waals surface area contributed by atoms with Gasteiger partial charge in [-0.1, -0.05) is 12.1 Å². The fourth-order valence-corrected chi connectivity index (χ4v) is 5.36.